The number of fused-ring (bicyclic) bond motifs is 9. The van der Waals surface area contributed by atoms with Gasteiger partial charge < -0.3 is 13.6 Å². The molecule has 274 valence electrons. The van der Waals surface area contributed by atoms with E-state index >= 15 is 0 Å². The molecule has 4 heteroatoms. The van der Waals surface area contributed by atoms with Gasteiger partial charge >= 0.3 is 0 Å². The maximum atomic E-state index is 6.22. The van der Waals surface area contributed by atoms with E-state index < -0.39 is 10.0 Å². The lowest BCUT2D eigenvalue weighted by molar-refractivity contribution is 0.669. The van der Waals surface area contributed by atoms with Gasteiger partial charge in [0.25, 0.3) is 0 Å². The van der Waals surface area contributed by atoms with Gasteiger partial charge in [0.2, 0.25) is 0 Å². The molecule has 0 spiro atoms. The van der Waals surface area contributed by atoms with Crippen LogP contribution in [0.3, 0.4) is 0 Å². The third-order valence-corrected chi connectivity index (χ3v) is 15.7. The lowest BCUT2D eigenvalue weighted by Gasteiger charge is -2.42. The minimum Gasteiger partial charge on any atom is -0.456 e. The van der Waals surface area contributed by atoms with Gasteiger partial charge in [-0.2, -0.15) is 0 Å². The highest BCUT2D eigenvalue weighted by molar-refractivity contribution is 8.34. The van der Waals surface area contributed by atoms with E-state index in [2.05, 4.69) is 215 Å². The normalized spacial score (nSPS) is 12.4. The van der Waals surface area contributed by atoms with Crippen LogP contribution in [0.4, 0.5) is 0 Å². The first-order valence-electron chi connectivity index (χ1n) is 19.7. The van der Waals surface area contributed by atoms with Crippen molar-refractivity contribution in [2.24, 2.45) is 0 Å². The van der Waals surface area contributed by atoms with Gasteiger partial charge in [-0.25, -0.2) is 0 Å². The lowest BCUT2D eigenvalue weighted by atomic mass is 10.1. The Kier molecular flexibility index (Phi) is 7.31. The largest absolute Gasteiger partial charge is 0.456 e. The minimum atomic E-state index is -1.88. The number of hydrogen-bond donors (Lipinski definition) is 0. The molecule has 0 atom stereocenters. The van der Waals surface area contributed by atoms with Crippen LogP contribution in [-0.4, -0.2) is 9.13 Å². The Morgan fingerprint density at radius 1 is 0.276 bits per heavy atom. The molecule has 0 saturated carbocycles. The standard InChI is InChI=1S/C54H36N2OS/c1-4-16-39(17-5-1)58(40-18-6-2-7-19-40,41-20-8-3-9-21-41)42-30-31-45-43-22-10-13-25-49(43)56(52(45)36-42)37-28-32-51-47(34-37)44-23-11-14-26-50(44)55(51)38-29-33-54-48(35-38)46-24-12-15-27-53(46)57-54/h1-36H. The van der Waals surface area contributed by atoms with Crippen molar-refractivity contribution >= 4 is 75.6 Å². The molecule has 3 nitrogen and oxygen atoms in total. The zero-order valence-corrected chi connectivity index (χ0v) is 32.3. The second-order valence-corrected chi connectivity index (χ2v) is 18.0. The van der Waals surface area contributed by atoms with Gasteiger partial charge in [0.05, 0.1) is 22.1 Å². The molecule has 3 aromatic heterocycles. The van der Waals surface area contributed by atoms with E-state index in [0.717, 1.165) is 33.3 Å². The number of para-hydroxylation sites is 3. The second kappa shape index (κ2) is 12.9. The van der Waals surface area contributed by atoms with Crippen LogP contribution in [-0.2, 0) is 0 Å². The van der Waals surface area contributed by atoms with Crippen LogP contribution in [0.15, 0.2) is 242 Å². The number of benzene rings is 9. The minimum absolute atomic E-state index is 0.899. The van der Waals surface area contributed by atoms with E-state index in [4.69, 9.17) is 4.42 Å². The van der Waals surface area contributed by atoms with Crippen LogP contribution in [0.5, 0.6) is 0 Å². The Morgan fingerprint density at radius 3 is 1.36 bits per heavy atom. The number of hydrogen-bond acceptors (Lipinski definition) is 1. The van der Waals surface area contributed by atoms with E-state index in [1.165, 1.54) is 63.2 Å². The fraction of sp³-hybridized carbons (Fsp3) is 0. The first-order chi connectivity index (χ1) is 28.8. The molecule has 0 radical (unpaired) electrons. The van der Waals surface area contributed by atoms with Gasteiger partial charge in [-0.3, -0.25) is 0 Å². The maximum Gasteiger partial charge on any atom is 0.135 e. The summed E-state index contributed by atoms with van der Waals surface area (Å²) in [6.45, 7) is 0. The summed E-state index contributed by atoms with van der Waals surface area (Å²) in [6, 6.07) is 80.0. The fourth-order valence-electron chi connectivity index (χ4n) is 9.34. The summed E-state index contributed by atoms with van der Waals surface area (Å²) >= 11 is 0. The van der Waals surface area contributed by atoms with Gasteiger partial charge in [-0.05, 0) is 103 Å². The highest BCUT2D eigenvalue weighted by atomic mass is 32.3. The lowest BCUT2D eigenvalue weighted by Crippen LogP contribution is -2.05. The quantitative estimate of drug-likeness (QED) is 0.166. The predicted molar refractivity (Wildman–Crippen MR) is 242 cm³/mol. The Balaban J connectivity index is 1.12. The summed E-state index contributed by atoms with van der Waals surface area (Å²) in [5.74, 6) is 0. The summed E-state index contributed by atoms with van der Waals surface area (Å²) in [6.07, 6.45) is 0. The summed E-state index contributed by atoms with van der Waals surface area (Å²) in [5, 5.41) is 7.17. The van der Waals surface area contributed by atoms with Crippen molar-refractivity contribution in [1.29, 1.82) is 0 Å². The van der Waals surface area contributed by atoms with Crippen molar-refractivity contribution < 1.29 is 4.42 Å². The monoisotopic (exact) mass is 760 g/mol. The molecule has 0 unspecified atom stereocenters. The van der Waals surface area contributed by atoms with Gasteiger partial charge in [0, 0.05) is 63.3 Å². The van der Waals surface area contributed by atoms with Crippen LogP contribution >= 0.6 is 10.0 Å². The average Bonchev–Trinajstić information content (AvgIpc) is 3.95. The van der Waals surface area contributed by atoms with E-state index in [0.29, 0.717) is 0 Å². The van der Waals surface area contributed by atoms with Crippen molar-refractivity contribution in [1.82, 2.24) is 9.13 Å². The van der Waals surface area contributed by atoms with Gasteiger partial charge in [-0.15, -0.1) is 10.0 Å². The van der Waals surface area contributed by atoms with Crippen LogP contribution in [0, 0.1) is 0 Å². The highest BCUT2D eigenvalue weighted by Crippen LogP contribution is 2.73. The molecule has 0 N–H and O–H groups in total. The van der Waals surface area contributed by atoms with Gasteiger partial charge in [0.1, 0.15) is 11.2 Å². The third-order valence-electron chi connectivity index (χ3n) is 11.8. The molecule has 0 saturated heterocycles. The maximum absolute atomic E-state index is 6.22. The van der Waals surface area contributed by atoms with E-state index in [1.807, 2.05) is 12.1 Å². The summed E-state index contributed by atoms with van der Waals surface area (Å²) in [4.78, 5) is 5.23. The number of furan rings is 1. The molecule has 3 heterocycles. The number of rotatable bonds is 6. The number of aromatic nitrogens is 2. The molecule has 0 bridgehead atoms. The molecule has 12 rings (SSSR count). The predicted octanol–water partition coefficient (Wildman–Crippen LogP) is 15.1. The Bertz CT molecular complexity index is 3410. The van der Waals surface area contributed by atoms with Crippen LogP contribution in [0.1, 0.15) is 0 Å². The highest BCUT2D eigenvalue weighted by Gasteiger charge is 2.34. The zero-order chi connectivity index (χ0) is 38.2. The smallest absolute Gasteiger partial charge is 0.135 e. The van der Waals surface area contributed by atoms with E-state index in [-0.39, 0.29) is 0 Å². The van der Waals surface area contributed by atoms with Gasteiger partial charge in [0.15, 0.2) is 0 Å². The van der Waals surface area contributed by atoms with Crippen LogP contribution in [0.2, 0.25) is 0 Å². The Labute approximate surface area is 336 Å². The summed E-state index contributed by atoms with van der Waals surface area (Å²) in [5.41, 5.74) is 8.78. The van der Waals surface area contributed by atoms with Crippen molar-refractivity contribution in [3.8, 4) is 11.4 Å². The molecule has 0 aliphatic heterocycles. The SMILES string of the molecule is c1ccc(S(c2ccccc2)(c2ccccc2)c2ccc3c4ccccc4n(-c4ccc5c(c4)c4ccccc4n5-c4ccc5oc6ccccc6c5c4)c3c2)cc1. The first kappa shape index (κ1) is 32.9. The van der Waals surface area contributed by atoms with Gasteiger partial charge in [-0.1, -0.05) is 115 Å². The van der Waals surface area contributed by atoms with Crippen molar-refractivity contribution in [2.75, 3.05) is 0 Å². The molecule has 0 fully saturated rings. The topological polar surface area (TPSA) is 23.0 Å². The fourth-order valence-corrected chi connectivity index (χ4v) is 13.2. The Morgan fingerprint density at radius 2 is 0.724 bits per heavy atom. The average molecular weight is 761 g/mol. The summed E-state index contributed by atoms with van der Waals surface area (Å²) in [7, 11) is -1.88. The second-order valence-electron chi connectivity index (χ2n) is 14.9. The van der Waals surface area contributed by atoms with Crippen LogP contribution in [0.25, 0.3) is 76.9 Å². The molecular weight excluding hydrogens is 725 g/mol. The van der Waals surface area contributed by atoms with E-state index in [1.54, 1.807) is 0 Å². The first-order valence-corrected chi connectivity index (χ1v) is 21.4. The molecule has 0 aliphatic rings. The molecule has 9 aromatic carbocycles. The summed E-state index contributed by atoms with van der Waals surface area (Å²) < 4.78 is 11.1. The van der Waals surface area contributed by atoms with Crippen LogP contribution < -0.4 is 0 Å². The zero-order valence-electron chi connectivity index (χ0n) is 31.5. The van der Waals surface area contributed by atoms with Crippen molar-refractivity contribution in [2.45, 2.75) is 19.6 Å². The molecule has 0 aliphatic carbocycles. The Hall–Kier alpha value is -7.27. The third kappa shape index (κ3) is 4.76. The number of nitrogens with zero attached hydrogens (tertiary/aromatic N) is 2. The molecule has 58 heavy (non-hydrogen) atoms. The molecular formula is C54H36N2OS. The molecule has 12 aromatic rings. The molecule has 0 amide bonds. The van der Waals surface area contributed by atoms with E-state index in [9.17, 15) is 0 Å². The van der Waals surface area contributed by atoms with Crippen molar-refractivity contribution in [3.05, 3.63) is 218 Å². The van der Waals surface area contributed by atoms with Crippen molar-refractivity contribution in [3.63, 3.8) is 0 Å².